The van der Waals surface area contributed by atoms with Crippen molar-refractivity contribution in [1.29, 1.82) is 0 Å². The summed E-state index contributed by atoms with van der Waals surface area (Å²) in [7, 11) is 0. The molecule has 1 fully saturated rings. The van der Waals surface area contributed by atoms with Gasteiger partial charge in [0.1, 0.15) is 0 Å². The molecule has 3 nitrogen and oxygen atoms in total. The molecule has 0 spiro atoms. The first-order valence-corrected chi connectivity index (χ1v) is 6.22. The van der Waals surface area contributed by atoms with Crippen molar-refractivity contribution in [3.05, 3.63) is 29.8 Å². The van der Waals surface area contributed by atoms with E-state index in [1.54, 1.807) is 0 Å². The van der Waals surface area contributed by atoms with E-state index in [1.165, 1.54) is 11.0 Å². The molecular formula is C14H17F2NO2. The van der Waals surface area contributed by atoms with Crippen molar-refractivity contribution >= 4 is 11.8 Å². The largest absolute Gasteiger partial charge is 0.449 e. The van der Waals surface area contributed by atoms with E-state index in [0.717, 1.165) is 12.1 Å². The molecule has 2 rings (SSSR count). The highest BCUT2D eigenvalue weighted by molar-refractivity contribution is 5.89. The highest BCUT2D eigenvalue weighted by Gasteiger charge is 2.38. The van der Waals surface area contributed by atoms with Crippen molar-refractivity contribution in [2.75, 3.05) is 11.5 Å². The lowest BCUT2D eigenvalue weighted by molar-refractivity contribution is 0.109. The van der Waals surface area contributed by atoms with Gasteiger partial charge in [-0.1, -0.05) is 20.8 Å². The zero-order valence-electron chi connectivity index (χ0n) is 11.2. The molecule has 0 radical (unpaired) electrons. The Balaban J connectivity index is 2.42. The van der Waals surface area contributed by atoms with Crippen LogP contribution in [0.4, 0.5) is 19.3 Å². The average Bonchev–Trinajstić information content (AvgIpc) is 2.31. The Kier molecular flexibility index (Phi) is 3.47. The van der Waals surface area contributed by atoms with E-state index < -0.39 is 17.7 Å². The molecule has 1 aromatic carbocycles. The Hall–Kier alpha value is -1.65. The van der Waals surface area contributed by atoms with Gasteiger partial charge in [0.2, 0.25) is 0 Å². The van der Waals surface area contributed by atoms with E-state index >= 15 is 0 Å². The number of amides is 1. The monoisotopic (exact) mass is 269 g/mol. The van der Waals surface area contributed by atoms with Crippen molar-refractivity contribution in [2.45, 2.75) is 33.2 Å². The second kappa shape index (κ2) is 4.79. The van der Waals surface area contributed by atoms with Crippen LogP contribution in [0.2, 0.25) is 0 Å². The standard InChI is InChI=1S/C14H17F2NO2/c1-14(2,3)12-6-7-19-13(18)17(12)9-4-5-10(15)11(16)8-9/h4-5,8,12H,6-7H2,1-3H3. The molecule has 0 saturated carbocycles. The van der Waals surface area contributed by atoms with Crippen LogP contribution in [-0.2, 0) is 4.74 Å². The lowest BCUT2D eigenvalue weighted by atomic mass is 9.83. The highest BCUT2D eigenvalue weighted by Crippen LogP contribution is 2.34. The molecule has 1 heterocycles. The van der Waals surface area contributed by atoms with Gasteiger partial charge in [0, 0.05) is 18.5 Å². The van der Waals surface area contributed by atoms with Crippen LogP contribution < -0.4 is 4.90 Å². The van der Waals surface area contributed by atoms with E-state index in [9.17, 15) is 13.6 Å². The highest BCUT2D eigenvalue weighted by atomic mass is 19.2. The van der Waals surface area contributed by atoms with Crippen LogP contribution in [0.5, 0.6) is 0 Å². The summed E-state index contributed by atoms with van der Waals surface area (Å²) in [5.74, 6) is -1.90. The third-order valence-corrected chi connectivity index (χ3v) is 3.31. The molecule has 1 aromatic rings. The molecule has 1 aliphatic heterocycles. The van der Waals surface area contributed by atoms with Crippen LogP contribution in [0.25, 0.3) is 0 Å². The molecule has 1 saturated heterocycles. The van der Waals surface area contributed by atoms with Crippen molar-refractivity contribution in [3.63, 3.8) is 0 Å². The summed E-state index contributed by atoms with van der Waals surface area (Å²) >= 11 is 0. The fourth-order valence-corrected chi connectivity index (χ4v) is 2.32. The first-order valence-electron chi connectivity index (χ1n) is 6.22. The van der Waals surface area contributed by atoms with Gasteiger partial charge in [-0.25, -0.2) is 13.6 Å². The minimum atomic E-state index is -0.969. The molecule has 0 aliphatic carbocycles. The van der Waals surface area contributed by atoms with Gasteiger partial charge in [-0.3, -0.25) is 4.90 Å². The summed E-state index contributed by atoms with van der Waals surface area (Å²) in [6.07, 6.45) is 0.144. The minimum absolute atomic E-state index is 0.112. The molecule has 1 amide bonds. The molecule has 0 bridgehead atoms. The van der Waals surface area contributed by atoms with E-state index in [1.807, 2.05) is 20.8 Å². The van der Waals surface area contributed by atoms with Gasteiger partial charge >= 0.3 is 6.09 Å². The predicted molar refractivity (Wildman–Crippen MR) is 68.0 cm³/mol. The zero-order valence-corrected chi connectivity index (χ0v) is 11.2. The van der Waals surface area contributed by atoms with Crippen LogP contribution in [0, 0.1) is 17.0 Å². The SMILES string of the molecule is CC(C)(C)C1CCOC(=O)N1c1ccc(F)c(F)c1. The number of halogens is 2. The number of ether oxygens (including phenoxy) is 1. The minimum Gasteiger partial charge on any atom is -0.449 e. The molecule has 1 unspecified atom stereocenters. The number of carbonyl (C=O) groups excluding carboxylic acids is 1. The smallest absolute Gasteiger partial charge is 0.414 e. The molecule has 104 valence electrons. The number of anilines is 1. The Bertz CT molecular complexity index is 497. The third kappa shape index (κ3) is 2.69. The van der Waals surface area contributed by atoms with Crippen molar-refractivity contribution in [1.82, 2.24) is 0 Å². The Labute approximate surface area is 111 Å². The van der Waals surface area contributed by atoms with Crippen LogP contribution in [0.1, 0.15) is 27.2 Å². The lowest BCUT2D eigenvalue weighted by Gasteiger charge is -2.42. The predicted octanol–water partition coefficient (Wildman–Crippen LogP) is 3.73. The molecule has 5 heteroatoms. The number of benzene rings is 1. The average molecular weight is 269 g/mol. The summed E-state index contributed by atoms with van der Waals surface area (Å²) in [4.78, 5) is 13.3. The number of nitrogens with zero attached hydrogens (tertiary/aromatic N) is 1. The normalized spacial score (nSPS) is 20.4. The summed E-state index contributed by atoms with van der Waals surface area (Å²) in [5, 5.41) is 0. The second-order valence-corrected chi connectivity index (χ2v) is 5.75. The summed E-state index contributed by atoms with van der Waals surface area (Å²) in [5.41, 5.74) is 0.146. The molecule has 0 aromatic heterocycles. The number of rotatable bonds is 1. The van der Waals surface area contributed by atoms with Gasteiger partial charge in [-0.2, -0.15) is 0 Å². The Morgan fingerprint density at radius 1 is 1.26 bits per heavy atom. The van der Waals surface area contributed by atoms with Gasteiger partial charge in [-0.05, 0) is 17.5 Å². The van der Waals surface area contributed by atoms with Gasteiger partial charge in [0.15, 0.2) is 11.6 Å². The second-order valence-electron chi connectivity index (χ2n) is 5.75. The zero-order chi connectivity index (χ0) is 14.2. The maximum atomic E-state index is 13.3. The maximum absolute atomic E-state index is 13.3. The number of hydrogen-bond donors (Lipinski definition) is 0. The number of cyclic esters (lactones) is 1. The fraction of sp³-hybridized carbons (Fsp3) is 0.500. The Morgan fingerprint density at radius 3 is 2.53 bits per heavy atom. The van der Waals surface area contributed by atoms with Crippen LogP contribution >= 0.6 is 0 Å². The van der Waals surface area contributed by atoms with Gasteiger partial charge in [0.05, 0.1) is 12.3 Å². The van der Waals surface area contributed by atoms with Gasteiger partial charge < -0.3 is 4.74 Å². The van der Waals surface area contributed by atoms with E-state index in [0.29, 0.717) is 18.7 Å². The molecule has 1 atom stereocenters. The fourth-order valence-electron chi connectivity index (χ4n) is 2.32. The van der Waals surface area contributed by atoms with E-state index in [-0.39, 0.29) is 11.5 Å². The van der Waals surface area contributed by atoms with Crippen LogP contribution in [0.3, 0.4) is 0 Å². The van der Waals surface area contributed by atoms with Crippen molar-refractivity contribution < 1.29 is 18.3 Å². The maximum Gasteiger partial charge on any atom is 0.414 e. The third-order valence-electron chi connectivity index (χ3n) is 3.31. The van der Waals surface area contributed by atoms with E-state index in [2.05, 4.69) is 0 Å². The quantitative estimate of drug-likeness (QED) is 0.777. The molecule has 19 heavy (non-hydrogen) atoms. The molecular weight excluding hydrogens is 252 g/mol. The summed E-state index contributed by atoms with van der Waals surface area (Å²) < 4.78 is 31.3. The van der Waals surface area contributed by atoms with Crippen LogP contribution in [0.15, 0.2) is 18.2 Å². The van der Waals surface area contributed by atoms with Gasteiger partial charge in [-0.15, -0.1) is 0 Å². The topological polar surface area (TPSA) is 29.5 Å². The van der Waals surface area contributed by atoms with Crippen molar-refractivity contribution in [2.24, 2.45) is 5.41 Å². The van der Waals surface area contributed by atoms with Crippen molar-refractivity contribution in [3.8, 4) is 0 Å². The molecule has 1 aliphatic rings. The molecule has 0 N–H and O–H groups in total. The van der Waals surface area contributed by atoms with Gasteiger partial charge in [0.25, 0.3) is 0 Å². The Morgan fingerprint density at radius 2 is 1.95 bits per heavy atom. The number of carbonyl (C=O) groups is 1. The summed E-state index contributed by atoms with van der Waals surface area (Å²) in [6.45, 7) is 6.36. The number of hydrogen-bond acceptors (Lipinski definition) is 2. The van der Waals surface area contributed by atoms with Crippen LogP contribution in [-0.4, -0.2) is 18.7 Å². The lowest BCUT2D eigenvalue weighted by Crippen LogP contribution is -2.52. The first kappa shape index (κ1) is 13.8. The van der Waals surface area contributed by atoms with E-state index in [4.69, 9.17) is 4.74 Å². The first-order chi connectivity index (χ1) is 8.80. The summed E-state index contributed by atoms with van der Waals surface area (Å²) in [6, 6.07) is 3.33.